The van der Waals surface area contributed by atoms with Gasteiger partial charge in [-0.2, -0.15) is 4.98 Å². The zero-order valence-electron chi connectivity index (χ0n) is 18.1. The SMILES string of the molecule is CC(C)=CCN1C(=O)N(CC(C)C)C2(CCN(c3ncc(C)c(N)n3)CC2)C1=O. The molecule has 158 valence electrons. The van der Waals surface area contributed by atoms with Gasteiger partial charge in [0.05, 0.1) is 0 Å². The summed E-state index contributed by atoms with van der Waals surface area (Å²) in [7, 11) is 0. The third-order valence-corrected chi connectivity index (χ3v) is 5.72. The third kappa shape index (κ3) is 3.93. The molecule has 3 heterocycles. The van der Waals surface area contributed by atoms with Gasteiger partial charge in [-0.3, -0.25) is 9.69 Å². The monoisotopic (exact) mass is 400 g/mol. The summed E-state index contributed by atoms with van der Waals surface area (Å²) in [5.41, 5.74) is 7.10. The molecule has 2 aliphatic rings. The van der Waals surface area contributed by atoms with Gasteiger partial charge in [-0.1, -0.05) is 25.5 Å². The van der Waals surface area contributed by atoms with Crippen molar-refractivity contribution < 1.29 is 9.59 Å². The van der Waals surface area contributed by atoms with Gasteiger partial charge in [-0.25, -0.2) is 9.78 Å². The van der Waals surface area contributed by atoms with Crippen molar-refractivity contribution in [2.45, 2.75) is 53.0 Å². The molecule has 2 aliphatic heterocycles. The Morgan fingerprint density at radius 1 is 1.28 bits per heavy atom. The number of allylic oxidation sites excluding steroid dienone is 1. The molecule has 0 radical (unpaired) electrons. The van der Waals surface area contributed by atoms with Gasteiger partial charge < -0.3 is 15.5 Å². The van der Waals surface area contributed by atoms with Crippen LogP contribution in [-0.2, 0) is 4.79 Å². The molecule has 29 heavy (non-hydrogen) atoms. The number of amides is 3. The van der Waals surface area contributed by atoms with Gasteiger partial charge in [0, 0.05) is 37.9 Å². The van der Waals surface area contributed by atoms with Crippen LogP contribution in [0.2, 0.25) is 0 Å². The maximum absolute atomic E-state index is 13.4. The average molecular weight is 401 g/mol. The molecule has 0 bridgehead atoms. The van der Waals surface area contributed by atoms with E-state index in [0.717, 1.165) is 11.1 Å². The summed E-state index contributed by atoms with van der Waals surface area (Å²) in [6.07, 6.45) is 4.78. The van der Waals surface area contributed by atoms with Crippen LogP contribution < -0.4 is 10.6 Å². The molecule has 1 aromatic rings. The standard InChI is InChI=1S/C21H32N6O2/c1-14(2)6-9-26-18(28)21(27(20(26)29)13-15(3)4)7-10-25(11-8-21)19-23-12-16(5)17(22)24-19/h6,12,15H,7-11,13H2,1-5H3,(H2,22,23,24). The molecule has 2 N–H and O–H groups in total. The summed E-state index contributed by atoms with van der Waals surface area (Å²) >= 11 is 0. The number of aromatic nitrogens is 2. The van der Waals surface area contributed by atoms with Crippen molar-refractivity contribution in [3.8, 4) is 0 Å². The zero-order chi connectivity index (χ0) is 21.3. The normalized spacial score (nSPS) is 18.9. The number of nitrogens with two attached hydrogens (primary N) is 1. The van der Waals surface area contributed by atoms with Crippen molar-refractivity contribution in [1.29, 1.82) is 0 Å². The van der Waals surface area contributed by atoms with Crippen molar-refractivity contribution in [3.05, 3.63) is 23.4 Å². The number of anilines is 2. The Balaban J connectivity index is 1.84. The van der Waals surface area contributed by atoms with Crippen LogP contribution in [-0.4, -0.2) is 63.4 Å². The van der Waals surface area contributed by atoms with Crippen LogP contribution in [0, 0.1) is 12.8 Å². The second-order valence-corrected chi connectivity index (χ2v) is 8.74. The first-order valence-electron chi connectivity index (χ1n) is 10.3. The molecule has 0 saturated carbocycles. The quantitative estimate of drug-likeness (QED) is 0.603. The minimum Gasteiger partial charge on any atom is -0.383 e. The highest BCUT2D eigenvalue weighted by Crippen LogP contribution is 2.38. The summed E-state index contributed by atoms with van der Waals surface area (Å²) in [6.45, 7) is 12.1. The summed E-state index contributed by atoms with van der Waals surface area (Å²) in [4.78, 5) is 40.6. The van der Waals surface area contributed by atoms with Crippen LogP contribution in [0.15, 0.2) is 17.8 Å². The van der Waals surface area contributed by atoms with E-state index < -0.39 is 5.54 Å². The van der Waals surface area contributed by atoms with Gasteiger partial charge in [0.2, 0.25) is 5.95 Å². The van der Waals surface area contributed by atoms with Crippen LogP contribution in [0.5, 0.6) is 0 Å². The lowest BCUT2D eigenvalue weighted by molar-refractivity contribution is -0.134. The number of nitrogens with zero attached hydrogens (tertiary/aromatic N) is 5. The summed E-state index contributed by atoms with van der Waals surface area (Å²) < 4.78 is 0. The smallest absolute Gasteiger partial charge is 0.327 e. The second kappa shape index (κ2) is 8.00. The Hall–Kier alpha value is -2.64. The number of piperidine rings is 1. The molecule has 1 aromatic heterocycles. The van der Waals surface area contributed by atoms with Gasteiger partial charge in [0.15, 0.2) is 0 Å². The number of carbonyl (C=O) groups excluding carboxylic acids is 2. The Kier molecular flexibility index (Phi) is 5.82. The molecule has 2 saturated heterocycles. The Labute approximate surface area is 172 Å². The fourth-order valence-electron chi connectivity index (χ4n) is 3.99. The van der Waals surface area contributed by atoms with Gasteiger partial charge in [-0.15, -0.1) is 0 Å². The molecule has 0 aliphatic carbocycles. The summed E-state index contributed by atoms with van der Waals surface area (Å²) in [5, 5.41) is 0. The van der Waals surface area contributed by atoms with Crippen molar-refractivity contribution in [1.82, 2.24) is 19.8 Å². The Morgan fingerprint density at radius 2 is 1.93 bits per heavy atom. The van der Waals surface area contributed by atoms with Crippen LogP contribution >= 0.6 is 0 Å². The highest BCUT2D eigenvalue weighted by atomic mass is 16.2. The molecule has 2 fully saturated rings. The van der Waals surface area contributed by atoms with Gasteiger partial charge in [0.1, 0.15) is 11.4 Å². The molecule has 0 aromatic carbocycles. The second-order valence-electron chi connectivity index (χ2n) is 8.74. The highest BCUT2D eigenvalue weighted by molar-refractivity contribution is 6.07. The number of hydrogen-bond donors (Lipinski definition) is 1. The van der Waals surface area contributed by atoms with E-state index in [1.165, 1.54) is 4.90 Å². The Bertz CT molecular complexity index is 822. The molecule has 3 amide bonds. The lowest BCUT2D eigenvalue weighted by atomic mass is 9.85. The number of aryl methyl sites for hydroxylation is 1. The van der Waals surface area contributed by atoms with E-state index in [-0.39, 0.29) is 17.9 Å². The molecule has 0 atom stereocenters. The first-order valence-corrected chi connectivity index (χ1v) is 10.3. The lowest BCUT2D eigenvalue weighted by Crippen LogP contribution is -2.57. The van der Waals surface area contributed by atoms with E-state index in [4.69, 9.17) is 5.73 Å². The predicted octanol–water partition coefficient (Wildman–Crippen LogP) is 2.59. The van der Waals surface area contributed by atoms with Crippen LogP contribution in [0.25, 0.3) is 0 Å². The number of imide groups is 1. The minimum absolute atomic E-state index is 0.0790. The predicted molar refractivity (Wildman–Crippen MR) is 113 cm³/mol. The van der Waals surface area contributed by atoms with Crippen LogP contribution in [0.4, 0.5) is 16.6 Å². The molecule has 0 unspecified atom stereocenters. The van der Waals surface area contributed by atoms with E-state index in [2.05, 4.69) is 23.8 Å². The van der Waals surface area contributed by atoms with Gasteiger partial charge in [-0.05, 0) is 39.5 Å². The lowest BCUT2D eigenvalue weighted by Gasteiger charge is -2.42. The van der Waals surface area contributed by atoms with E-state index >= 15 is 0 Å². The first-order chi connectivity index (χ1) is 13.7. The maximum Gasteiger partial charge on any atom is 0.327 e. The third-order valence-electron chi connectivity index (χ3n) is 5.72. The van der Waals surface area contributed by atoms with Crippen molar-refractivity contribution >= 4 is 23.7 Å². The minimum atomic E-state index is -0.774. The number of rotatable bonds is 5. The number of urea groups is 1. The maximum atomic E-state index is 13.4. The van der Waals surface area contributed by atoms with Gasteiger partial charge >= 0.3 is 6.03 Å². The molecule has 8 nitrogen and oxygen atoms in total. The van der Waals surface area contributed by atoms with Gasteiger partial charge in [0.25, 0.3) is 5.91 Å². The first kappa shape index (κ1) is 21.1. The highest BCUT2D eigenvalue weighted by Gasteiger charge is 2.57. The fourth-order valence-corrected chi connectivity index (χ4v) is 3.99. The Morgan fingerprint density at radius 3 is 2.48 bits per heavy atom. The van der Waals surface area contributed by atoms with Crippen molar-refractivity contribution in [3.63, 3.8) is 0 Å². The molecule has 8 heteroatoms. The molecular weight excluding hydrogens is 368 g/mol. The topological polar surface area (TPSA) is 95.7 Å². The van der Waals surface area contributed by atoms with Crippen molar-refractivity contribution in [2.75, 3.05) is 36.8 Å². The van der Waals surface area contributed by atoms with E-state index in [1.807, 2.05) is 31.7 Å². The van der Waals surface area contributed by atoms with Crippen molar-refractivity contribution in [2.24, 2.45) is 5.92 Å². The van der Waals surface area contributed by atoms with Crippen LogP contribution in [0.3, 0.4) is 0 Å². The summed E-state index contributed by atoms with van der Waals surface area (Å²) in [5.74, 6) is 1.25. The fraction of sp³-hybridized carbons (Fsp3) is 0.619. The van der Waals surface area contributed by atoms with Crippen LogP contribution in [0.1, 0.15) is 46.1 Å². The summed E-state index contributed by atoms with van der Waals surface area (Å²) in [6, 6.07) is -0.175. The average Bonchev–Trinajstić information content (AvgIpc) is 2.84. The molecule has 1 spiro atoms. The molecule has 3 rings (SSSR count). The number of carbonyl (C=O) groups is 2. The van der Waals surface area contributed by atoms with E-state index in [1.54, 1.807) is 11.1 Å². The molecular formula is C21H32N6O2. The van der Waals surface area contributed by atoms with E-state index in [0.29, 0.717) is 50.8 Å². The largest absolute Gasteiger partial charge is 0.383 e. The number of nitrogen functional groups attached to an aromatic ring is 1. The number of hydrogen-bond acceptors (Lipinski definition) is 6. The van der Waals surface area contributed by atoms with E-state index in [9.17, 15) is 9.59 Å². The zero-order valence-corrected chi connectivity index (χ0v) is 18.1.